The standard InChI is InChI=1S/C10H20N4/c1-8(2)14-7-12-13-9(14)5-6-10(3,4)11/h7-8H,5-6,11H2,1-4H3. The first kappa shape index (κ1) is 11.2. The van der Waals surface area contributed by atoms with Gasteiger partial charge in [0.25, 0.3) is 0 Å². The Balaban J connectivity index is 2.63. The third-order valence-corrected chi connectivity index (χ3v) is 2.20. The summed E-state index contributed by atoms with van der Waals surface area (Å²) < 4.78 is 2.09. The molecule has 0 radical (unpaired) electrons. The minimum atomic E-state index is -0.131. The summed E-state index contributed by atoms with van der Waals surface area (Å²) in [5.74, 6) is 1.03. The van der Waals surface area contributed by atoms with Gasteiger partial charge in [-0.2, -0.15) is 0 Å². The van der Waals surface area contributed by atoms with Crippen LogP contribution in [0.5, 0.6) is 0 Å². The number of aromatic nitrogens is 3. The van der Waals surface area contributed by atoms with Crippen LogP contribution < -0.4 is 5.73 Å². The number of rotatable bonds is 4. The molecule has 1 heterocycles. The summed E-state index contributed by atoms with van der Waals surface area (Å²) in [5.41, 5.74) is 5.79. The van der Waals surface area contributed by atoms with E-state index in [0.29, 0.717) is 6.04 Å². The molecule has 0 aromatic carbocycles. The first-order valence-corrected chi connectivity index (χ1v) is 5.07. The zero-order valence-corrected chi connectivity index (χ0v) is 9.49. The van der Waals surface area contributed by atoms with E-state index in [0.717, 1.165) is 18.7 Å². The molecule has 2 N–H and O–H groups in total. The van der Waals surface area contributed by atoms with Crippen LogP contribution in [0.2, 0.25) is 0 Å². The van der Waals surface area contributed by atoms with Crippen LogP contribution in [0.1, 0.15) is 46.0 Å². The maximum absolute atomic E-state index is 5.92. The Morgan fingerprint density at radius 3 is 2.64 bits per heavy atom. The van der Waals surface area contributed by atoms with E-state index < -0.39 is 0 Å². The van der Waals surface area contributed by atoms with Gasteiger partial charge in [-0.3, -0.25) is 0 Å². The maximum atomic E-state index is 5.92. The highest BCUT2D eigenvalue weighted by Gasteiger charge is 2.14. The van der Waals surface area contributed by atoms with E-state index in [-0.39, 0.29) is 5.54 Å². The van der Waals surface area contributed by atoms with Crippen LogP contribution in [-0.2, 0) is 6.42 Å². The fraction of sp³-hybridized carbons (Fsp3) is 0.800. The monoisotopic (exact) mass is 196 g/mol. The zero-order valence-electron chi connectivity index (χ0n) is 9.49. The molecule has 4 heteroatoms. The highest BCUT2D eigenvalue weighted by atomic mass is 15.3. The summed E-state index contributed by atoms with van der Waals surface area (Å²) in [4.78, 5) is 0. The van der Waals surface area contributed by atoms with Crippen molar-refractivity contribution in [2.24, 2.45) is 5.73 Å². The average Bonchev–Trinajstić information content (AvgIpc) is 2.46. The van der Waals surface area contributed by atoms with Gasteiger partial charge in [0.15, 0.2) is 0 Å². The smallest absolute Gasteiger partial charge is 0.133 e. The predicted molar refractivity (Wildman–Crippen MR) is 57.0 cm³/mol. The van der Waals surface area contributed by atoms with Crippen LogP contribution in [0.4, 0.5) is 0 Å². The Morgan fingerprint density at radius 1 is 1.50 bits per heavy atom. The lowest BCUT2D eigenvalue weighted by molar-refractivity contribution is 0.457. The third kappa shape index (κ3) is 3.10. The van der Waals surface area contributed by atoms with Crippen molar-refractivity contribution in [1.82, 2.24) is 14.8 Å². The Labute approximate surface area is 85.5 Å². The molecule has 14 heavy (non-hydrogen) atoms. The van der Waals surface area contributed by atoms with Crippen LogP contribution in [0, 0.1) is 0 Å². The molecule has 0 spiro atoms. The van der Waals surface area contributed by atoms with Crippen LogP contribution >= 0.6 is 0 Å². The van der Waals surface area contributed by atoms with Gasteiger partial charge in [-0.05, 0) is 34.1 Å². The summed E-state index contributed by atoms with van der Waals surface area (Å²) in [6.45, 7) is 8.31. The molecular weight excluding hydrogens is 176 g/mol. The molecule has 1 aromatic rings. The first-order chi connectivity index (χ1) is 6.40. The van der Waals surface area contributed by atoms with Crippen LogP contribution in [-0.4, -0.2) is 20.3 Å². The number of nitrogens with zero attached hydrogens (tertiary/aromatic N) is 3. The van der Waals surface area contributed by atoms with Gasteiger partial charge in [-0.15, -0.1) is 10.2 Å². The van der Waals surface area contributed by atoms with Crippen molar-refractivity contribution in [1.29, 1.82) is 0 Å². The van der Waals surface area contributed by atoms with Crippen LogP contribution in [0.15, 0.2) is 6.33 Å². The molecule has 1 rings (SSSR count). The molecule has 0 aliphatic heterocycles. The van der Waals surface area contributed by atoms with Crippen LogP contribution in [0.3, 0.4) is 0 Å². The summed E-state index contributed by atoms with van der Waals surface area (Å²) in [6.07, 6.45) is 3.60. The van der Waals surface area contributed by atoms with Gasteiger partial charge in [0.1, 0.15) is 12.2 Å². The molecule has 0 unspecified atom stereocenters. The minimum Gasteiger partial charge on any atom is -0.326 e. The summed E-state index contributed by atoms with van der Waals surface area (Å²) >= 11 is 0. The van der Waals surface area contributed by atoms with E-state index in [1.165, 1.54) is 0 Å². The highest BCUT2D eigenvalue weighted by molar-refractivity contribution is 4.90. The second-order valence-corrected chi connectivity index (χ2v) is 4.74. The molecule has 1 aromatic heterocycles. The topological polar surface area (TPSA) is 56.7 Å². The Bertz CT molecular complexity index is 283. The Morgan fingerprint density at radius 2 is 2.14 bits per heavy atom. The molecule has 0 aliphatic rings. The maximum Gasteiger partial charge on any atom is 0.133 e. The van der Waals surface area contributed by atoms with Crippen molar-refractivity contribution >= 4 is 0 Å². The molecule has 80 valence electrons. The third-order valence-electron chi connectivity index (χ3n) is 2.20. The van der Waals surface area contributed by atoms with Gasteiger partial charge in [-0.25, -0.2) is 0 Å². The predicted octanol–water partition coefficient (Wildman–Crippen LogP) is 1.53. The van der Waals surface area contributed by atoms with E-state index in [1.807, 2.05) is 13.8 Å². The van der Waals surface area contributed by atoms with Gasteiger partial charge in [-0.1, -0.05) is 0 Å². The van der Waals surface area contributed by atoms with Crippen molar-refractivity contribution < 1.29 is 0 Å². The SMILES string of the molecule is CC(C)n1cnnc1CCC(C)(C)N. The second-order valence-electron chi connectivity index (χ2n) is 4.74. The zero-order chi connectivity index (χ0) is 10.8. The van der Waals surface area contributed by atoms with Crippen molar-refractivity contribution in [2.75, 3.05) is 0 Å². The van der Waals surface area contributed by atoms with Gasteiger partial charge >= 0.3 is 0 Å². The fourth-order valence-electron chi connectivity index (χ4n) is 1.31. The van der Waals surface area contributed by atoms with Crippen molar-refractivity contribution in [3.05, 3.63) is 12.2 Å². The molecule has 0 bridgehead atoms. The second kappa shape index (κ2) is 4.09. The van der Waals surface area contributed by atoms with Gasteiger partial charge in [0.2, 0.25) is 0 Å². The Hall–Kier alpha value is -0.900. The van der Waals surface area contributed by atoms with Crippen molar-refractivity contribution in [3.63, 3.8) is 0 Å². The number of hydrogen-bond donors (Lipinski definition) is 1. The molecule has 0 saturated heterocycles. The van der Waals surface area contributed by atoms with Gasteiger partial charge in [0.05, 0.1) is 0 Å². The van der Waals surface area contributed by atoms with E-state index in [4.69, 9.17) is 5.73 Å². The number of nitrogens with two attached hydrogens (primary N) is 1. The molecular formula is C10H20N4. The minimum absolute atomic E-state index is 0.131. The lowest BCUT2D eigenvalue weighted by atomic mass is 10.00. The number of aryl methyl sites for hydroxylation is 1. The lowest BCUT2D eigenvalue weighted by Gasteiger charge is -2.18. The quantitative estimate of drug-likeness (QED) is 0.794. The summed E-state index contributed by atoms with van der Waals surface area (Å²) in [6, 6.07) is 0.417. The van der Waals surface area contributed by atoms with E-state index in [9.17, 15) is 0 Å². The average molecular weight is 196 g/mol. The van der Waals surface area contributed by atoms with Crippen LogP contribution in [0.25, 0.3) is 0 Å². The molecule has 0 saturated carbocycles. The summed E-state index contributed by atoms with van der Waals surface area (Å²) in [5, 5.41) is 8.01. The van der Waals surface area contributed by atoms with Crippen molar-refractivity contribution in [2.45, 2.75) is 52.1 Å². The van der Waals surface area contributed by atoms with E-state index in [1.54, 1.807) is 6.33 Å². The largest absolute Gasteiger partial charge is 0.326 e. The fourth-order valence-corrected chi connectivity index (χ4v) is 1.31. The number of hydrogen-bond acceptors (Lipinski definition) is 3. The van der Waals surface area contributed by atoms with E-state index in [2.05, 4.69) is 28.6 Å². The Kier molecular flexibility index (Phi) is 3.26. The lowest BCUT2D eigenvalue weighted by Crippen LogP contribution is -2.32. The molecule has 4 nitrogen and oxygen atoms in total. The molecule has 0 fully saturated rings. The van der Waals surface area contributed by atoms with Gasteiger partial charge in [0, 0.05) is 18.0 Å². The molecule has 0 amide bonds. The van der Waals surface area contributed by atoms with E-state index >= 15 is 0 Å². The summed E-state index contributed by atoms with van der Waals surface area (Å²) in [7, 11) is 0. The highest BCUT2D eigenvalue weighted by Crippen LogP contribution is 2.12. The normalized spacial score (nSPS) is 12.4. The van der Waals surface area contributed by atoms with Crippen molar-refractivity contribution in [3.8, 4) is 0 Å². The molecule has 0 atom stereocenters. The first-order valence-electron chi connectivity index (χ1n) is 5.07. The molecule has 0 aliphatic carbocycles. The van der Waals surface area contributed by atoms with Gasteiger partial charge < -0.3 is 10.3 Å².